The fourth-order valence-electron chi connectivity index (χ4n) is 1.52. The molecule has 96 valence electrons. The Labute approximate surface area is 98.4 Å². The van der Waals surface area contributed by atoms with E-state index in [1.54, 1.807) is 14.0 Å². The second-order valence-electron chi connectivity index (χ2n) is 4.37. The molecule has 0 aromatic carbocycles. The van der Waals surface area contributed by atoms with E-state index in [1.807, 2.05) is 0 Å². The molecule has 16 heavy (non-hydrogen) atoms. The van der Waals surface area contributed by atoms with Crippen LogP contribution in [0.4, 0.5) is 0 Å². The average molecular weight is 231 g/mol. The summed E-state index contributed by atoms with van der Waals surface area (Å²) in [5.74, 6) is -0.915. The van der Waals surface area contributed by atoms with Crippen molar-refractivity contribution in [1.82, 2.24) is 5.32 Å². The molecule has 0 aliphatic rings. The van der Waals surface area contributed by atoms with E-state index in [9.17, 15) is 4.79 Å². The first-order valence-electron chi connectivity index (χ1n) is 6.03. The van der Waals surface area contributed by atoms with Crippen molar-refractivity contribution in [2.45, 2.75) is 45.6 Å². The summed E-state index contributed by atoms with van der Waals surface area (Å²) in [6.07, 6.45) is 3.78. The number of nitrogens with one attached hydrogen (secondary N) is 1. The molecule has 2 N–H and O–H groups in total. The summed E-state index contributed by atoms with van der Waals surface area (Å²) < 4.78 is 4.96. The van der Waals surface area contributed by atoms with Gasteiger partial charge in [-0.05, 0) is 32.7 Å². The van der Waals surface area contributed by atoms with E-state index in [1.165, 1.54) is 0 Å². The maximum Gasteiger partial charge on any atom is 0.306 e. The summed E-state index contributed by atoms with van der Waals surface area (Å²) in [5, 5.41) is 12.1. The van der Waals surface area contributed by atoms with E-state index >= 15 is 0 Å². The lowest BCUT2D eigenvalue weighted by atomic mass is 10.0. The van der Waals surface area contributed by atoms with Gasteiger partial charge in [-0.1, -0.05) is 13.3 Å². The second kappa shape index (κ2) is 9.60. The Kier molecular flexibility index (Phi) is 9.24. The highest BCUT2D eigenvalue weighted by atomic mass is 16.5. The molecule has 0 spiro atoms. The largest absolute Gasteiger partial charge is 0.481 e. The zero-order valence-electron chi connectivity index (χ0n) is 10.7. The van der Waals surface area contributed by atoms with Crippen molar-refractivity contribution >= 4 is 5.97 Å². The van der Waals surface area contributed by atoms with Crippen molar-refractivity contribution < 1.29 is 14.6 Å². The minimum atomic E-state index is -0.694. The number of rotatable bonds is 10. The molecule has 0 radical (unpaired) electrons. The predicted octanol–water partition coefficient (Wildman–Crippen LogP) is 1.89. The Balaban J connectivity index is 3.36. The highest BCUT2D eigenvalue weighted by Crippen LogP contribution is 2.09. The molecule has 4 nitrogen and oxygen atoms in total. The molecule has 4 heteroatoms. The van der Waals surface area contributed by atoms with Gasteiger partial charge in [0.15, 0.2) is 0 Å². The lowest BCUT2D eigenvalue weighted by Crippen LogP contribution is -2.27. The van der Waals surface area contributed by atoms with Gasteiger partial charge in [0, 0.05) is 19.8 Å². The van der Waals surface area contributed by atoms with E-state index in [0.717, 1.165) is 38.8 Å². The number of carboxylic acid groups (broad SMARTS) is 1. The van der Waals surface area contributed by atoms with Gasteiger partial charge in [0.2, 0.25) is 0 Å². The van der Waals surface area contributed by atoms with E-state index < -0.39 is 5.97 Å². The molecular weight excluding hydrogens is 206 g/mol. The first-order chi connectivity index (χ1) is 7.57. The van der Waals surface area contributed by atoms with Gasteiger partial charge in [0.05, 0.1) is 5.92 Å². The van der Waals surface area contributed by atoms with Crippen LogP contribution in [0.25, 0.3) is 0 Å². The lowest BCUT2D eigenvalue weighted by molar-refractivity contribution is -0.141. The van der Waals surface area contributed by atoms with Gasteiger partial charge in [-0.3, -0.25) is 4.79 Å². The highest BCUT2D eigenvalue weighted by Gasteiger charge is 2.10. The van der Waals surface area contributed by atoms with Crippen LogP contribution >= 0.6 is 0 Å². The molecule has 0 aromatic rings. The third kappa shape index (κ3) is 8.68. The molecule has 0 aromatic heterocycles. The highest BCUT2D eigenvalue weighted by molar-refractivity contribution is 5.69. The maximum atomic E-state index is 10.6. The first-order valence-corrected chi connectivity index (χ1v) is 6.03. The van der Waals surface area contributed by atoms with E-state index in [4.69, 9.17) is 9.84 Å². The molecule has 2 atom stereocenters. The van der Waals surface area contributed by atoms with Gasteiger partial charge >= 0.3 is 5.97 Å². The summed E-state index contributed by atoms with van der Waals surface area (Å²) in [7, 11) is 1.71. The SMILES string of the molecule is COCCCNC(C)CCCC(C)C(=O)O. The van der Waals surface area contributed by atoms with E-state index in [2.05, 4.69) is 12.2 Å². The van der Waals surface area contributed by atoms with Gasteiger partial charge in [-0.15, -0.1) is 0 Å². The van der Waals surface area contributed by atoms with E-state index in [0.29, 0.717) is 6.04 Å². The van der Waals surface area contributed by atoms with Crippen LogP contribution in [0.15, 0.2) is 0 Å². The first kappa shape index (κ1) is 15.4. The molecule has 0 aliphatic heterocycles. The van der Waals surface area contributed by atoms with Crippen LogP contribution < -0.4 is 5.32 Å². The maximum absolute atomic E-state index is 10.6. The summed E-state index contributed by atoms with van der Waals surface area (Å²) >= 11 is 0. The molecule has 0 saturated heterocycles. The van der Waals surface area contributed by atoms with Crippen molar-refractivity contribution in [3.05, 3.63) is 0 Å². The van der Waals surface area contributed by atoms with Gasteiger partial charge < -0.3 is 15.2 Å². The summed E-state index contributed by atoms with van der Waals surface area (Å²) in [4.78, 5) is 10.6. The Morgan fingerprint density at radius 1 is 1.31 bits per heavy atom. The third-order valence-corrected chi connectivity index (χ3v) is 2.71. The molecule has 0 saturated carbocycles. The van der Waals surface area contributed by atoms with Crippen LogP contribution in [0.3, 0.4) is 0 Å². The number of carbonyl (C=O) groups is 1. The smallest absolute Gasteiger partial charge is 0.306 e. The monoisotopic (exact) mass is 231 g/mol. The number of aliphatic carboxylic acids is 1. The van der Waals surface area contributed by atoms with Gasteiger partial charge in [-0.2, -0.15) is 0 Å². The Morgan fingerprint density at radius 2 is 2.00 bits per heavy atom. The zero-order chi connectivity index (χ0) is 12.4. The van der Waals surface area contributed by atoms with Crippen molar-refractivity contribution in [1.29, 1.82) is 0 Å². The zero-order valence-corrected chi connectivity index (χ0v) is 10.7. The average Bonchev–Trinajstić information content (AvgIpc) is 2.24. The summed E-state index contributed by atoms with van der Waals surface area (Å²) in [5.41, 5.74) is 0. The standard InChI is InChI=1S/C12H25NO3/c1-10(12(14)15)6-4-7-11(2)13-8-5-9-16-3/h10-11,13H,4-9H2,1-3H3,(H,14,15). The van der Waals surface area contributed by atoms with Crippen LogP contribution in [-0.2, 0) is 9.53 Å². The van der Waals surface area contributed by atoms with Crippen LogP contribution in [0.1, 0.15) is 39.5 Å². The number of carboxylic acids is 1. The Bertz CT molecular complexity index is 185. The molecule has 0 rings (SSSR count). The lowest BCUT2D eigenvalue weighted by Gasteiger charge is -2.14. The van der Waals surface area contributed by atoms with Crippen LogP contribution in [0.2, 0.25) is 0 Å². The van der Waals surface area contributed by atoms with Crippen molar-refractivity contribution in [3.63, 3.8) is 0 Å². The topological polar surface area (TPSA) is 58.6 Å². The van der Waals surface area contributed by atoms with Gasteiger partial charge in [0.1, 0.15) is 0 Å². The third-order valence-electron chi connectivity index (χ3n) is 2.71. The molecule has 2 unspecified atom stereocenters. The van der Waals surface area contributed by atoms with Crippen LogP contribution in [0, 0.1) is 5.92 Å². The molecule has 0 bridgehead atoms. The Hall–Kier alpha value is -0.610. The second-order valence-corrected chi connectivity index (χ2v) is 4.37. The molecule has 0 heterocycles. The number of methoxy groups -OCH3 is 1. The number of hydrogen-bond acceptors (Lipinski definition) is 3. The quantitative estimate of drug-likeness (QED) is 0.564. The summed E-state index contributed by atoms with van der Waals surface area (Å²) in [6.45, 7) is 5.65. The number of hydrogen-bond donors (Lipinski definition) is 2. The fraction of sp³-hybridized carbons (Fsp3) is 0.917. The fourth-order valence-corrected chi connectivity index (χ4v) is 1.52. The molecule has 0 aliphatic carbocycles. The molecule has 0 amide bonds. The van der Waals surface area contributed by atoms with Crippen molar-refractivity contribution in [2.24, 2.45) is 5.92 Å². The van der Waals surface area contributed by atoms with E-state index in [-0.39, 0.29) is 5.92 Å². The number of ether oxygens (including phenoxy) is 1. The Morgan fingerprint density at radius 3 is 2.56 bits per heavy atom. The predicted molar refractivity (Wildman–Crippen MR) is 64.6 cm³/mol. The van der Waals surface area contributed by atoms with Crippen molar-refractivity contribution in [3.8, 4) is 0 Å². The minimum absolute atomic E-state index is 0.222. The van der Waals surface area contributed by atoms with Gasteiger partial charge in [-0.25, -0.2) is 0 Å². The van der Waals surface area contributed by atoms with Gasteiger partial charge in [0.25, 0.3) is 0 Å². The van der Waals surface area contributed by atoms with Crippen LogP contribution in [-0.4, -0.2) is 37.4 Å². The van der Waals surface area contributed by atoms with Crippen molar-refractivity contribution in [2.75, 3.05) is 20.3 Å². The molecular formula is C12H25NO3. The minimum Gasteiger partial charge on any atom is -0.481 e. The van der Waals surface area contributed by atoms with Crippen LogP contribution in [0.5, 0.6) is 0 Å². The normalized spacial score (nSPS) is 14.7. The summed E-state index contributed by atoms with van der Waals surface area (Å²) in [6, 6.07) is 0.456. The molecule has 0 fully saturated rings.